The first-order valence-electron chi connectivity index (χ1n) is 10.8. The van der Waals surface area contributed by atoms with Crippen LogP contribution in [0.1, 0.15) is 66.3 Å². The molecule has 0 aliphatic heterocycles. The van der Waals surface area contributed by atoms with Crippen molar-refractivity contribution in [2.75, 3.05) is 30.9 Å². The van der Waals surface area contributed by atoms with Gasteiger partial charge < -0.3 is 15.5 Å². The van der Waals surface area contributed by atoms with Crippen LogP contribution in [-0.4, -0.2) is 32.5 Å². The average molecular weight is 410 g/mol. The molecule has 0 radical (unpaired) electrons. The molecule has 5 nitrogen and oxygen atoms in total. The van der Waals surface area contributed by atoms with Crippen LogP contribution in [0, 0.1) is 5.92 Å². The molecule has 0 atom stereocenters. The standard InChI is InChI=1S/C25H35N3O2/c1-6-7-8-9-19-10-12-20(13-11-19)24(29)27-21-14-15-23(28(4)5)22(16-21)25(30)26-17-18(2)3/h10-16,18H,6-9,17H2,1-5H3,(H,26,30)(H,27,29). The Morgan fingerprint density at radius 2 is 1.67 bits per heavy atom. The monoisotopic (exact) mass is 409 g/mol. The molecule has 0 aliphatic carbocycles. The van der Waals surface area contributed by atoms with E-state index < -0.39 is 0 Å². The van der Waals surface area contributed by atoms with Gasteiger partial charge in [-0.1, -0.05) is 45.7 Å². The molecule has 162 valence electrons. The van der Waals surface area contributed by atoms with Gasteiger partial charge in [0.15, 0.2) is 0 Å². The molecule has 0 saturated heterocycles. The molecule has 0 spiro atoms. The third-order valence-electron chi connectivity index (χ3n) is 4.94. The number of nitrogens with zero attached hydrogens (tertiary/aromatic N) is 1. The normalized spacial score (nSPS) is 10.7. The van der Waals surface area contributed by atoms with Crippen LogP contribution < -0.4 is 15.5 Å². The van der Waals surface area contributed by atoms with Crippen molar-refractivity contribution in [1.82, 2.24) is 5.32 Å². The highest BCUT2D eigenvalue weighted by Crippen LogP contribution is 2.23. The first kappa shape index (κ1) is 23.5. The summed E-state index contributed by atoms with van der Waals surface area (Å²) in [6.07, 6.45) is 4.63. The molecule has 2 aromatic rings. The van der Waals surface area contributed by atoms with Crippen molar-refractivity contribution in [3.63, 3.8) is 0 Å². The largest absolute Gasteiger partial charge is 0.377 e. The number of aryl methyl sites for hydroxylation is 1. The van der Waals surface area contributed by atoms with Crippen LogP contribution in [0.15, 0.2) is 42.5 Å². The van der Waals surface area contributed by atoms with Gasteiger partial charge in [0, 0.05) is 37.6 Å². The van der Waals surface area contributed by atoms with Crippen LogP contribution in [0.4, 0.5) is 11.4 Å². The Balaban J connectivity index is 2.12. The van der Waals surface area contributed by atoms with Gasteiger partial charge >= 0.3 is 0 Å². The molecular formula is C25H35N3O2. The molecule has 0 aliphatic rings. The highest BCUT2D eigenvalue weighted by Gasteiger charge is 2.15. The Labute approximate surface area is 180 Å². The second-order valence-electron chi connectivity index (χ2n) is 8.34. The van der Waals surface area contributed by atoms with Crippen molar-refractivity contribution in [3.8, 4) is 0 Å². The summed E-state index contributed by atoms with van der Waals surface area (Å²) in [5.74, 6) is 0.0470. The Bertz CT molecular complexity index is 842. The molecule has 0 aromatic heterocycles. The van der Waals surface area contributed by atoms with E-state index in [0.717, 1.165) is 12.1 Å². The van der Waals surface area contributed by atoms with Crippen molar-refractivity contribution in [3.05, 3.63) is 59.2 Å². The molecule has 0 saturated carbocycles. The van der Waals surface area contributed by atoms with E-state index in [-0.39, 0.29) is 11.8 Å². The van der Waals surface area contributed by atoms with Gasteiger partial charge in [0.1, 0.15) is 0 Å². The molecule has 2 amide bonds. The third kappa shape index (κ3) is 6.90. The van der Waals surface area contributed by atoms with Crippen LogP contribution in [-0.2, 0) is 6.42 Å². The SMILES string of the molecule is CCCCCc1ccc(C(=O)Nc2ccc(N(C)C)c(C(=O)NCC(C)C)c2)cc1. The molecule has 0 unspecified atom stereocenters. The fourth-order valence-electron chi connectivity index (χ4n) is 3.18. The lowest BCUT2D eigenvalue weighted by Gasteiger charge is -2.19. The summed E-state index contributed by atoms with van der Waals surface area (Å²) in [6, 6.07) is 13.2. The van der Waals surface area contributed by atoms with Crippen molar-refractivity contribution >= 4 is 23.2 Å². The predicted molar refractivity (Wildman–Crippen MR) is 126 cm³/mol. The molecule has 0 heterocycles. The Morgan fingerprint density at radius 1 is 0.967 bits per heavy atom. The number of hydrogen-bond donors (Lipinski definition) is 2. The third-order valence-corrected chi connectivity index (χ3v) is 4.94. The number of amides is 2. The number of unbranched alkanes of at least 4 members (excludes halogenated alkanes) is 2. The number of carbonyl (C=O) groups excluding carboxylic acids is 2. The fourth-order valence-corrected chi connectivity index (χ4v) is 3.18. The number of anilines is 2. The molecular weight excluding hydrogens is 374 g/mol. The van der Waals surface area contributed by atoms with Crippen LogP contribution in [0.25, 0.3) is 0 Å². The summed E-state index contributed by atoms with van der Waals surface area (Å²) < 4.78 is 0. The highest BCUT2D eigenvalue weighted by molar-refractivity contribution is 6.06. The summed E-state index contributed by atoms with van der Waals surface area (Å²) in [5.41, 5.74) is 3.82. The zero-order valence-electron chi connectivity index (χ0n) is 18.9. The number of hydrogen-bond acceptors (Lipinski definition) is 3. The molecule has 0 fully saturated rings. The summed E-state index contributed by atoms with van der Waals surface area (Å²) in [7, 11) is 3.80. The number of rotatable bonds is 10. The summed E-state index contributed by atoms with van der Waals surface area (Å²) in [6.45, 7) is 6.91. The summed E-state index contributed by atoms with van der Waals surface area (Å²) in [5, 5.41) is 5.87. The van der Waals surface area contributed by atoms with E-state index in [2.05, 4.69) is 31.4 Å². The highest BCUT2D eigenvalue weighted by atomic mass is 16.2. The van der Waals surface area contributed by atoms with Crippen LogP contribution in [0.5, 0.6) is 0 Å². The van der Waals surface area contributed by atoms with Crippen LogP contribution in [0.3, 0.4) is 0 Å². The van der Waals surface area contributed by atoms with Crippen LogP contribution in [0.2, 0.25) is 0 Å². The fraction of sp³-hybridized carbons (Fsp3) is 0.440. The van der Waals surface area contributed by atoms with Gasteiger partial charge in [-0.05, 0) is 54.7 Å². The Morgan fingerprint density at radius 3 is 2.27 bits per heavy atom. The maximum Gasteiger partial charge on any atom is 0.255 e. The minimum absolute atomic E-state index is 0.139. The van der Waals surface area contributed by atoms with Crippen molar-refractivity contribution in [2.24, 2.45) is 5.92 Å². The summed E-state index contributed by atoms with van der Waals surface area (Å²) >= 11 is 0. The predicted octanol–water partition coefficient (Wildman–Crippen LogP) is 5.12. The topological polar surface area (TPSA) is 61.4 Å². The lowest BCUT2D eigenvalue weighted by Crippen LogP contribution is -2.29. The van der Waals surface area contributed by atoms with Gasteiger partial charge in [0.2, 0.25) is 0 Å². The van der Waals surface area contributed by atoms with E-state index in [9.17, 15) is 9.59 Å². The van der Waals surface area contributed by atoms with E-state index >= 15 is 0 Å². The van der Waals surface area contributed by atoms with E-state index in [1.54, 1.807) is 6.07 Å². The van der Waals surface area contributed by atoms with Crippen molar-refractivity contribution in [2.45, 2.75) is 46.5 Å². The first-order valence-corrected chi connectivity index (χ1v) is 10.8. The number of benzene rings is 2. The molecule has 30 heavy (non-hydrogen) atoms. The van der Waals surface area contributed by atoms with Gasteiger partial charge in [0.25, 0.3) is 11.8 Å². The van der Waals surface area contributed by atoms with Gasteiger partial charge in [-0.25, -0.2) is 0 Å². The molecule has 2 aromatic carbocycles. The maximum atomic E-state index is 12.7. The van der Waals surface area contributed by atoms with E-state index in [4.69, 9.17) is 0 Å². The molecule has 0 bridgehead atoms. The lowest BCUT2D eigenvalue weighted by molar-refractivity contribution is 0.0948. The van der Waals surface area contributed by atoms with E-state index in [1.807, 2.05) is 55.4 Å². The van der Waals surface area contributed by atoms with Crippen LogP contribution >= 0.6 is 0 Å². The maximum absolute atomic E-state index is 12.7. The second kappa shape index (κ2) is 11.4. The number of nitrogens with one attached hydrogen (secondary N) is 2. The Kier molecular flexibility index (Phi) is 8.90. The second-order valence-corrected chi connectivity index (χ2v) is 8.34. The van der Waals surface area contributed by atoms with Gasteiger partial charge in [-0.15, -0.1) is 0 Å². The lowest BCUT2D eigenvalue weighted by atomic mass is 10.0. The minimum Gasteiger partial charge on any atom is -0.377 e. The van der Waals surface area contributed by atoms with Gasteiger partial charge in [-0.3, -0.25) is 9.59 Å². The smallest absolute Gasteiger partial charge is 0.255 e. The van der Waals surface area contributed by atoms with Gasteiger partial charge in [-0.2, -0.15) is 0 Å². The summed E-state index contributed by atoms with van der Waals surface area (Å²) in [4.78, 5) is 27.3. The zero-order chi connectivity index (χ0) is 22.1. The Hall–Kier alpha value is -2.82. The average Bonchev–Trinajstić information content (AvgIpc) is 2.72. The van der Waals surface area contributed by atoms with E-state index in [1.165, 1.54) is 24.8 Å². The first-order chi connectivity index (χ1) is 14.3. The molecule has 5 heteroatoms. The number of carbonyl (C=O) groups is 2. The minimum atomic E-state index is -0.179. The molecule has 2 N–H and O–H groups in total. The molecule has 2 rings (SSSR count). The quantitative estimate of drug-likeness (QED) is 0.535. The van der Waals surface area contributed by atoms with Crippen molar-refractivity contribution in [1.29, 1.82) is 0 Å². The van der Waals surface area contributed by atoms with E-state index in [0.29, 0.717) is 29.3 Å². The van der Waals surface area contributed by atoms with Gasteiger partial charge in [0.05, 0.1) is 5.56 Å². The zero-order valence-corrected chi connectivity index (χ0v) is 18.9. The van der Waals surface area contributed by atoms with Crippen molar-refractivity contribution < 1.29 is 9.59 Å².